The maximum Gasteiger partial charge on any atom is 0.227 e. The zero-order chi connectivity index (χ0) is 18.3. The minimum absolute atomic E-state index is 0.0244. The molecule has 1 N–H and O–H groups in total. The number of carbonyl (C=O) groups excluding carboxylic acids is 1. The van der Waals surface area contributed by atoms with Gasteiger partial charge in [0.2, 0.25) is 5.91 Å². The molecule has 1 fully saturated rings. The van der Waals surface area contributed by atoms with Gasteiger partial charge in [0.15, 0.2) is 0 Å². The Hall–Kier alpha value is -2.59. The van der Waals surface area contributed by atoms with Crippen molar-refractivity contribution in [3.8, 4) is 0 Å². The molecule has 1 amide bonds. The monoisotopic (exact) mass is 349 g/mol. The third-order valence-electron chi connectivity index (χ3n) is 5.47. The van der Waals surface area contributed by atoms with E-state index in [4.69, 9.17) is 4.42 Å². The molecule has 0 saturated carbocycles. The maximum absolute atomic E-state index is 13.0. The van der Waals surface area contributed by atoms with E-state index in [0.29, 0.717) is 13.0 Å². The molecule has 0 radical (unpaired) electrons. The van der Waals surface area contributed by atoms with E-state index in [1.165, 1.54) is 5.56 Å². The van der Waals surface area contributed by atoms with E-state index < -0.39 is 6.10 Å². The molecule has 4 heteroatoms. The van der Waals surface area contributed by atoms with Gasteiger partial charge in [0.1, 0.15) is 5.58 Å². The van der Waals surface area contributed by atoms with Crippen LogP contribution in [0.3, 0.4) is 0 Å². The zero-order valence-corrected chi connectivity index (χ0v) is 15.1. The van der Waals surface area contributed by atoms with Gasteiger partial charge in [0.05, 0.1) is 24.8 Å². The summed E-state index contributed by atoms with van der Waals surface area (Å²) in [4.78, 5) is 14.8. The second kappa shape index (κ2) is 6.61. The predicted molar refractivity (Wildman–Crippen MR) is 101 cm³/mol. The van der Waals surface area contributed by atoms with Gasteiger partial charge in [-0.25, -0.2) is 0 Å². The lowest BCUT2D eigenvalue weighted by Gasteiger charge is -2.24. The lowest BCUT2D eigenvalue weighted by atomic mass is 10.0. The Kier molecular flexibility index (Phi) is 4.29. The summed E-state index contributed by atoms with van der Waals surface area (Å²) in [6.07, 6.45) is 2.08. The number of benzene rings is 2. The van der Waals surface area contributed by atoms with Crippen molar-refractivity contribution in [3.63, 3.8) is 0 Å². The third-order valence-corrected chi connectivity index (χ3v) is 5.47. The van der Waals surface area contributed by atoms with E-state index in [-0.39, 0.29) is 18.4 Å². The number of amides is 1. The predicted octanol–water partition coefficient (Wildman–Crippen LogP) is 3.93. The van der Waals surface area contributed by atoms with Crippen molar-refractivity contribution in [1.82, 2.24) is 4.90 Å². The van der Waals surface area contributed by atoms with Gasteiger partial charge >= 0.3 is 0 Å². The number of aliphatic hydroxyl groups is 1. The van der Waals surface area contributed by atoms with Crippen LogP contribution in [0, 0.1) is 13.8 Å². The molecule has 1 aliphatic heterocycles. The third kappa shape index (κ3) is 2.90. The van der Waals surface area contributed by atoms with Gasteiger partial charge in [-0.2, -0.15) is 0 Å². The number of carbonyl (C=O) groups is 1. The standard InChI is InChI=1S/C22H23NO3/c1-14-8-9-19-17(13-26-22(19)15(14)2)10-21(25)23-12-18(24)11-20(23)16-6-4-3-5-7-16/h3-9,13,18,20,24H,10-12H2,1-2H3. The fourth-order valence-electron chi connectivity index (χ4n) is 3.87. The van der Waals surface area contributed by atoms with Crippen LogP contribution in [0.25, 0.3) is 11.0 Å². The van der Waals surface area contributed by atoms with Crippen LogP contribution in [0.15, 0.2) is 53.1 Å². The van der Waals surface area contributed by atoms with Gasteiger partial charge in [-0.1, -0.05) is 42.5 Å². The average molecular weight is 349 g/mol. The summed E-state index contributed by atoms with van der Waals surface area (Å²) >= 11 is 0. The van der Waals surface area contributed by atoms with Crippen molar-refractivity contribution in [2.75, 3.05) is 6.54 Å². The number of likely N-dealkylation sites (tertiary alicyclic amines) is 1. The molecule has 1 aromatic heterocycles. The van der Waals surface area contributed by atoms with Crippen molar-refractivity contribution in [3.05, 3.63) is 71.0 Å². The second-order valence-corrected chi connectivity index (χ2v) is 7.18. The number of aryl methyl sites for hydroxylation is 2. The molecule has 0 spiro atoms. The highest BCUT2D eigenvalue weighted by molar-refractivity contribution is 5.89. The Labute approximate surface area is 153 Å². The molecular weight excluding hydrogens is 326 g/mol. The minimum Gasteiger partial charge on any atom is -0.464 e. The van der Waals surface area contributed by atoms with Gasteiger partial charge in [-0.05, 0) is 37.0 Å². The number of rotatable bonds is 3. The van der Waals surface area contributed by atoms with Crippen molar-refractivity contribution in [1.29, 1.82) is 0 Å². The van der Waals surface area contributed by atoms with Crippen LogP contribution in [0.4, 0.5) is 0 Å². The average Bonchev–Trinajstić information content (AvgIpc) is 3.23. The number of β-amino-alcohol motifs (C(OH)–C–C–N with tert-alkyl or cyclic N) is 1. The molecule has 134 valence electrons. The van der Waals surface area contributed by atoms with E-state index in [2.05, 4.69) is 13.0 Å². The highest BCUT2D eigenvalue weighted by Gasteiger charge is 2.35. The molecule has 4 nitrogen and oxygen atoms in total. The molecule has 2 heterocycles. The first-order chi connectivity index (χ1) is 12.5. The fraction of sp³-hybridized carbons (Fsp3) is 0.318. The first kappa shape index (κ1) is 16.9. The first-order valence-electron chi connectivity index (χ1n) is 9.03. The Morgan fingerprint density at radius 2 is 1.96 bits per heavy atom. The summed E-state index contributed by atoms with van der Waals surface area (Å²) < 4.78 is 5.74. The lowest BCUT2D eigenvalue weighted by Crippen LogP contribution is -2.32. The van der Waals surface area contributed by atoms with E-state index in [1.54, 1.807) is 11.2 Å². The first-order valence-corrected chi connectivity index (χ1v) is 9.03. The van der Waals surface area contributed by atoms with Crippen molar-refractivity contribution >= 4 is 16.9 Å². The fourth-order valence-corrected chi connectivity index (χ4v) is 3.87. The van der Waals surface area contributed by atoms with Gasteiger partial charge in [-0.3, -0.25) is 4.79 Å². The largest absolute Gasteiger partial charge is 0.464 e. The number of hydrogen-bond donors (Lipinski definition) is 1. The smallest absolute Gasteiger partial charge is 0.227 e. The second-order valence-electron chi connectivity index (χ2n) is 7.18. The molecule has 4 rings (SSSR count). The maximum atomic E-state index is 13.0. The normalized spacial score (nSPS) is 20.0. The quantitative estimate of drug-likeness (QED) is 0.779. The van der Waals surface area contributed by atoms with E-state index in [1.807, 2.05) is 43.3 Å². The highest BCUT2D eigenvalue weighted by Crippen LogP contribution is 2.33. The number of furan rings is 1. The Balaban J connectivity index is 1.61. The van der Waals surface area contributed by atoms with Gasteiger partial charge in [0, 0.05) is 17.5 Å². The Bertz CT molecular complexity index is 945. The van der Waals surface area contributed by atoms with E-state index in [0.717, 1.165) is 27.7 Å². The number of nitrogens with zero attached hydrogens (tertiary/aromatic N) is 1. The van der Waals surface area contributed by atoms with Crippen molar-refractivity contribution in [2.45, 2.75) is 38.8 Å². The van der Waals surface area contributed by atoms with Crippen LogP contribution in [-0.2, 0) is 11.2 Å². The summed E-state index contributed by atoms with van der Waals surface area (Å²) in [5.74, 6) is 0.0244. The van der Waals surface area contributed by atoms with Crippen LogP contribution in [0.1, 0.15) is 34.7 Å². The van der Waals surface area contributed by atoms with Crippen LogP contribution in [-0.4, -0.2) is 28.6 Å². The highest BCUT2D eigenvalue weighted by atomic mass is 16.3. The summed E-state index contributed by atoms with van der Waals surface area (Å²) in [6.45, 7) is 4.47. The Morgan fingerprint density at radius 1 is 1.19 bits per heavy atom. The molecule has 1 saturated heterocycles. The number of fused-ring (bicyclic) bond motifs is 1. The molecule has 2 atom stereocenters. The van der Waals surface area contributed by atoms with Crippen molar-refractivity contribution < 1.29 is 14.3 Å². The van der Waals surface area contributed by atoms with Gasteiger partial charge < -0.3 is 14.4 Å². The summed E-state index contributed by atoms with van der Waals surface area (Å²) in [5, 5.41) is 11.1. The minimum atomic E-state index is -0.477. The SMILES string of the molecule is Cc1ccc2c(CC(=O)N3CC(O)CC3c3ccccc3)coc2c1C. The number of aliphatic hydroxyl groups excluding tert-OH is 1. The Morgan fingerprint density at radius 3 is 2.73 bits per heavy atom. The molecule has 26 heavy (non-hydrogen) atoms. The molecule has 2 aromatic carbocycles. The lowest BCUT2D eigenvalue weighted by molar-refractivity contribution is -0.131. The molecule has 0 aliphatic carbocycles. The van der Waals surface area contributed by atoms with Crippen LogP contribution in [0.5, 0.6) is 0 Å². The molecule has 1 aliphatic rings. The van der Waals surface area contributed by atoms with Gasteiger partial charge in [-0.15, -0.1) is 0 Å². The summed E-state index contributed by atoms with van der Waals surface area (Å²) in [6, 6.07) is 14.0. The molecule has 2 unspecified atom stereocenters. The molecular formula is C22H23NO3. The van der Waals surface area contributed by atoms with E-state index in [9.17, 15) is 9.90 Å². The van der Waals surface area contributed by atoms with Crippen LogP contribution in [0.2, 0.25) is 0 Å². The summed E-state index contributed by atoms with van der Waals surface area (Å²) in [5.41, 5.74) is 5.12. The van der Waals surface area contributed by atoms with Crippen LogP contribution >= 0.6 is 0 Å². The van der Waals surface area contributed by atoms with Crippen LogP contribution < -0.4 is 0 Å². The van der Waals surface area contributed by atoms with Gasteiger partial charge in [0.25, 0.3) is 0 Å². The zero-order valence-electron chi connectivity index (χ0n) is 15.1. The molecule has 0 bridgehead atoms. The number of hydrogen-bond acceptors (Lipinski definition) is 3. The van der Waals surface area contributed by atoms with Crippen molar-refractivity contribution in [2.24, 2.45) is 0 Å². The topological polar surface area (TPSA) is 53.7 Å². The van der Waals surface area contributed by atoms with E-state index >= 15 is 0 Å². The molecule has 3 aromatic rings. The summed E-state index contributed by atoms with van der Waals surface area (Å²) in [7, 11) is 0.